The van der Waals surface area contributed by atoms with E-state index >= 15 is 0 Å². The van der Waals surface area contributed by atoms with E-state index in [-0.39, 0.29) is 34.1 Å². The first kappa shape index (κ1) is 27.1. The van der Waals surface area contributed by atoms with Gasteiger partial charge in [-0.25, -0.2) is 32.9 Å². The Morgan fingerprint density at radius 1 is 0.875 bits per heavy atom. The Morgan fingerprint density at radius 3 is 1.72 bits per heavy atom. The van der Waals surface area contributed by atoms with E-state index in [1.807, 2.05) is 6.07 Å². The molecule has 32 heavy (non-hydrogen) atoms. The van der Waals surface area contributed by atoms with E-state index in [9.17, 15) is 18.0 Å². The smallest absolute Gasteiger partial charge is 0.338 e. The first-order valence-electron chi connectivity index (χ1n) is 8.21. The molecule has 13 heteroatoms. The number of carboxylic acids is 1. The molecular weight excluding hydrogens is 496 g/mol. The van der Waals surface area contributed by atoms with Gasteiger partial charge >= 0.3 is 5.97 Å². The third kappa shape index (κ3) is 9.03. The van der Waals surface area contributed by atoms with Crippen molar-refractivity contribution in [3.8, 4) is 6.07 Å². The molecule has 0 atom stereocenters. The molecule has 3 aromatic rings. The second kappa shape index (κ2) is 13.4. The van der Waals surface area contributed by atoms with Crippen molar-refractivity contribution in [1.29, 1.82) is 5.26 Å². The molecule has 168 valence electrons. The molecule has 0 saturated heterocycles. The van der Waals surface area contributed by atoms with Gasteiger partial charge in [-0.1, -0.05) is 34.8 Å². The average molecular weight is 508 g/mol. The van der Waals surface area contributed by atoms with E-state index in [0.717, 1.165) is 30.7 Å². The van der Waals surface area contributed by atoms with Crippen LogP contribution in [-0.2, 0) is 13.0 Å². The van der Waals surface area contributed by atoms with Crippen LogP contribution in [-0.4, -0.2) is 31.1 Å². The first-order valence-corrected chi connectivity index (χ1v) is 9.34. The van der Waals surface area contributed by atoms with Gasteiger partial charge < -0.3 is 10.2 Å². The SMILES string of the molecule is N#CCc1cc(F)cnc1Cl.O=C(O)c1cc(F)cnc1Cl.OCc1cc(F)cnc1Cl. The number of carbonyl (C=O) groups is 1. The molecule has 3 aromatic heterocycles. The lowest BCUT2D eigenvalue weighted by Gasteiger charge is -1.96. The molecule has 0 bridgehead atoms. The van der Waals surface area contributed by atoms with Gasteiger partial charge in [-0.15, -0.1) is 0 Å². The Bertz CT molecular complexity index is 1130. The fraction of sp³-hybridized carbons (Fsp3) is 0.105. The zero-order chi connectivity index (χ0) is 24.3. The molecule has 0 radical (unpaired) electrons. The molecule has 0 aliphatic rings. The number of hydrogen-bond donors (Lipinski definition) is 2. The minimum absolute atomic E-state index is 0.0869. The highest BCUT2D eigenvalue weighted by Crippen LogP contribution is 2.14. The maximum absolute atomic E-state index is 12.4. The van der Waals surface area contributed by atoms with Gasteiger partial charge in [0.25, 0.3) is 0 Å². The van der Waals surface area contributed by atoms with Crippen molar-refractivity contribution in [2.75, 3.05) is 0 Å². The lowest BCUT2D eigenvalue weighted by atomic mass is 10.2. The topological polar surface area (TPSA) is 120 Å². The molecule has 0 spiro atoms. The molecule has 3 heterocycles. The van der Waals surface area contributed by atoms with Crippen LogP contribution in [0.1, 0.15) is 21.5 Å². The second-order valence-corrected chi connectivity index (χ2v) is 6.57. The summed E-state index contributed by atoms with van der Waals surface area (Å²) >= 11 is 16.3. The van der Waals surface area contributed by atoms with Crippen LogP contribution in [0.5, 0.6) is 0 Å². The zero-order valence-corrected chi connectivity index (χ0v) is 18.0. The Labute approximate surface area is 194 Å². The standard InChI is InChI=1S/C7H4ClFN2.C6H3ClFNO2.C6H5ClFNO/c8-7-5(1-2-10)3-6(9)4-11-7;7-5-4(6(10)11)1-3(8)2-9-5;7-6-4(3-10)1-5(8)2-9-6/h3-4H,1H2;1-2H,(H,10,11);1-2,10H,3H2. The molecule has 0 amide bonds. The van der Waals surface area contributed by atoms with Crippen LogP contribution < -0.4 is 0 Å². The Hall–Kier alpha value is -2.97. The zero-order valence-electron chi connectivity index (χ0n) is 15.7. The van der Waals surface area contributed by atoms with Gasteiger partial charge in [-0.3, -0.25) is 0 Å². The van der Waals surface area contributed by atoms with E-state index in [1.54, 1.807) is 0 Å². The number of aliphatic hydroxyl groups is 1. The number of nitriles is 1. The van der Waals surface area contributed by atoms with E-state index in [4.69, 9.17) is 50.3 Å². The van der Waals surface area contributed by atoms with Crippen molar-refractivity contribution in [1.82, 2.24) is 15.0 Å². The number of carboxylic acid groups (broad SMARTS) is 1. The molecule has 3 rings (SSSR count). The number of nitrogens with zero attached hydrogens (tertiary/aromatic N) is 4. The van der Waals surface area contributed by atoms with Gasteiger partial charge in [0.15, 0.2) is 0 Å². The molecule has 0 saturated carbocycles. The van der Waals surface area contributed by atoms with Crippen LogP contribution in [0.3, 0.4) is 0 Å². The highest BCUT2D eigenvalue weighted by molar-refractivity contribution is 6.32. The number of halogens is 6. The van der Waals surface area contributed by atoms with Gasteiger partial charge in [-0.05, 0) is 18.2 Å². The fourth-order valence-electron chi connectivity index (χ4n) is 1.82. The highest BCUT2D eigenvalue weighted by atomic mass is 35.5. The Balaban J connectivity index is 0.000000240. The number of rotatable bonds is 3. The summed E-state index contributed by atoms with van der Waals surface area (Å²) in [6.45, 7) is -0.288. The molecule has 0 aliphatic carbocycles. The lowest BCUT2D eigenvalue weighted by molar-refractivity contribution is 0.0696. The summed E-state index contributed by atoms with van der Waals surface area (Å²) in [5, 5.41) is 25.3. The molecule has 0 unspecified atom stereocenters. The van der Waals surface area contributed by atoms with Crippen molar-refractivity contribution in [3.63, 3.8) is 0 Å². The highest BCUT2D eigenvalue weighted by Gasteiger charge is 2.10. The quantitative estimate of drug-likeness (QED) is 0.485. The van der Waals surface area contributed by atoms with Crippen LogP contribution in [0.25, 0.3) is 0 Å². The summed E-state index contributed by atoms with van der Waals surface area (Å²) < 4.78 is 37.1. The summed E-state index contributed by atoms with van der Waals surface area (Å²) in [5.74, 6) is -2.97. The van der Waals surface area contributed by atoms with Gasteiger partial charge in [0.05, 0.1) is 43.3 Å². The minimum Gasteiger partial charge on any atom is -0.478 e. The van der Waals surface area contributed by atoms with Crippen LogP contribution >= 0.6 is 34.8 Å². The van der Waals surface area contributed by atoms with E-state index in [1.165, 1.54) is 6.07 Å². The number of aromatic carboxylic acids is 1. The largest absolute Gasteiger partial charge is 0.478 e. The number of aromatic nitrogens is 3. The lowest BCUT2D eigenvalue weighted by Crippen LogP contribution is -1.99. The van der Waals surface area contributed by atoms with E-state index in [2.05, 4.69) is 15.0 Å². The van der Waals surface area contributed by atoms with Crippen molar-refractivity contribution in [2.45, 2.75) is 13.0 Å². The van der Waals surface area contributed by atoms with Gasteiger partial charge in [0.1, 0.15) is 32.9 Å². The maximum Gasteiger partial charge on any atom is 0.338 e. The van der Waals surface area contributed by atoms with Gasteiger partial charge in [0, 0.05) is 11.1 Å². The van der Waals surface area contributed by atoms with E-state index < -0.39 is 23.4 Å². The summed E-state index contributed by atoms with van der Waals surface area (Å²) in [4.78, 5) is 20.6. The average Bonchev–Trinajstić information content (AvgIpc) is 2.75. The third-order valence-electron chi connectivity index (χ3n) is 3.23. The predicted octanol–water partition coefficient (Wildman–Crippen LogP) is 4.88. The summed E-state index contributed by atoms with van der Waals surface area (Å²) in [7, 11) is 0. The Morgan fingerprint density at radius 2 is 1.31 bits per heavy atom. The molecular formula is C19H12Cl3F3N4O3. The van der Waals surface area contributed by atoms with Crippen LogP contribution in [0.2, 0.25) is 15.5 Å². The molecule has 0 fully saturated rings. The monoisotopic (exact) mass is 506 g/mol. The molecule has 0 aliphatic heterocycles. The first-order chi connectivity index (χ1) is 15.1. The predicted molar refractivity (Wildman–Crippen MR) is 110 cm³/mol. The summed E-state index contributed by atoms with van der Waals surface area (Å²) in [6.07, 6.45) is 2.96. The maximum atomic E-state index is 12.4. The molecule has 0 aromatic carbocycles. The fourth-order valence-corrected chi connectivity index (χ4v) is 2.34. The van der Waals surface area contributed by atoms with Crippen LogP contribution in [0, 0.1) is 28.8 Å². The van der Waals surface area contributed by atoms with E-state index in [0.29, 0.717) is 11.1 Å². The van der Waals surface area contributed by atoms with Crippen molar-refractivity contribution < 1.29 is 28.2 Å². The van der Waals surface area contributed by atoms with Crippen molar-refractivity contribution in [3.05, 3.63) is 86.4 Å². The molecule has 7 nitrogen and oxygen atoms in total. The van der Waals surface area contributed by atoms with Crippen LogP contribution in [0.15, 0.2) is 36.8 Å². The normalized spacial score (nSPS) is 9.56. The summed E-state index contributed by atoms with van der Waals surface area (Å²) in [6, 6.07) is 5.03. The minimum atomic E-state index is -1.29. The number of pyridine rings is 3. The number of hydrogen-bond acceptors (Lipinski definition) is 6. The van der Waals surface area contributed by atoms with Gasteiger partial charge in [-0.2, -0.15) is 5.26 Å². The Kier molecular flexibility index (Phi) is 11.4. The summed E-state index contributed by atoms with van der Waals surface area (Å²) in [5.41, 5.74) is 0.405. The molecule has 2 N–H and O–H groups in total. The van der Waals surface area contributed by atoms with Gasteiger partial charge in [0.2, 0.25) is 0 Å². The number of aliphatic hydroxyl groups excluding tert-OH is 1. The second-order valence-electron chi connectivity index (χ2n) is 5.50. The third-order valence-corrected chi connectivity index (χ3v) is 4.21. The van der Waals surface area contributed by atoms with Crippen molar-refractivity contribution >= 4 is 40.8 Å². The van der Waals surface area contributed by atoms with Crippen molar-refractivity contribution in [2.24, 2.45) is 0 Å². The van der Waals surface area contributed by atoms with Crippen LogP contribution in [0.4, 0.5) is 13.2 Å².